The van der Waals surface area contributed by atoms with Gasteiger partial charge in [-0.25, -0.2) is 17.9 Å². The minimum absolute atomic E-state index is 0.187. The second-order valence-electron chi connectivity index (χ2n) is 2.16. The summed E-state index contributed by atoms with van der Waals surface area (Å²) in [5.74, 6) is -1.24. The number of sulfonamides is 1. The Labute approximate surface area is 79.1 Å². The van der Waals surface area contributed by atoms with Crippen molar-refractivity contribution in [2.24, 2.45) is 0 Å². The highest BCUT2D eigenvalue weighted by atomic mass is 32.2. The molecular formula is C6H7NO4S2. The molecule has 0 aliphatic rings. The number of carboxylic acid groups (broad SMARTS) is 1. The van der Waals surface area contributed by atoms with E-state index >= 15 is 0 Å². The third kappa shape index (κ3) is 1.87. The van der Waals surface area contributed by atoms with Crippen LogP contribution in [0.5, 0.6) is 0 Å². The highest BCUT2D eigenvalue weighted by Crippen LogP contribution is 2.19. The lowest BCUT2D eigenvalue weighted by atomic mass is 10.3. The number of thiophene rings is 1. The summed E-state index contributed by atoms with van der Waals surface area (Å²) in [5, 5.41) is 11.2. The molecule has 0 atom stereocenters. The molecule has 0 aliphatic carbocycles. The monoisotopic (exact) mass is 221 g/mol. The van der Waals surface area contributed by atoms with E-state index in [1.807, 2.05) is 0 Å². The lowest BCUT2D eigenvalue weighted by Gasteiger charge is -1.99. The minimum Gasteiger partial charge on any atom is -0.478 e. The molecule has 0 spiro atoms. The van der Waals surface area contributed by atoms with E-state index in [0.717, 1.165) is 11.3 Å². The lowest BCUT2D eigenvalue weighted by molar-refractivity contribution is 0.0693. The Kier molecular flexibility index (Phi) is 2.69. The van der Waals surface area contributed by atoms with Crippen molar-refractivity contribution in [1.82, 2.24) is 4.72 Å². The second-order valence-corrected chi connectivity index (χ2v) is 4.76. The van der Waals surface area contributed by atoms with Gasteiger partial charge in [-0.1, -0.05) is 0 Å². The van der Waals surface area contributed by atoms with Crippen LogP contribution >= 0.6 is 11.3 Å². The van der Waals surface area contributed by atoms with E-state index in [1.54, 1.807) is 0 Å². The third-order valence-corrected chi connectivity index (χ3v) is 3.76. The van der Waals surface area contributed by atoms with Crippen molar-refractivity contribution in [1.29, 1.82) is 0 Å². The number of hydrogen-bond donors (Lipinski definition) is 2. The number of carbonyl (C=O) groups is 1. The first kappa shape index (κ1) is 10.2. The first-order valence-corrected chi connectivity index (χ1v) is 5.64. The number of carboxylic acids is 1. The molecule has 0 amide bonds. The van der Waals surface area contributed by atoms with Gasteiger partial charge in [0.1, 0.15) is 4.90 Å². The zero-order valence-corrected chi connectivity index (χ0v) is 8.28. The average Bonchev–Trinajstić information content (AvgIpc) is 2.52. The Bertz CT molecular complexity index is 420. The van der Waals surface area contributed by atoms with E-state index in [-0.39, 0.29) is 10.5 Å². The first-order valence-electron chi connectivity index (χ1n) is 3.22. The zero-order chi connectivity index (χ0) is 10.1. The van der Waals surface area contributed by atoms with Crippen molar-refractivity contribution in [3.8, 4) is 0 Å². The van der Waals surface area contributed by atoms with Crippen molar-refractivity contribution in [2.75, 3.05) is 7.05 Å². The molecule has 13 heavy (non-hydrogen) atoms. The Morgan fingerprint density at radius 2 is 2.15 bits per heavy atom. The molecule has 0 bridgehead atoms. The van der Waals surface area contributed by atoms with Crippen molar-refractivity contribution in [2.45, 2.75) is 4.90 Å². The van der Waals surface area contributed by atoms with Crippen LogP contribution in [0.25, 0.3) is 0 Å². The van der Waals surface area contributed by atoms with Crippen molar-refractivity contribution >= 4 is 27.3 Å². The van der Waals surface area contributed by atoms with Crippen molar-refractivity contribution < 1.29 is 18.3 Å². The van der Waals surface area contributed by atoms with E-state index < -0.39 is 16.0 Å². The van der Waals surface area contributed by atoms with Gasteiger partial charge < -0.3 is 5.11 Å². The Morgan fingerprint density at radius 3 is 2.62 bits per heavy atom. The van der Waals surface area contributed by atoms with Crippen LogP contribution in [0.2, 0.25) is 0 Å². The van der Waals surface area contributed by atoms with Gasteiger partial charge in [-0.05, 0) is 7.05 Å². The molecule has 1 aromatic rings. The van der Waals surface area contributed by atoms with Crippen LogP contribution in [0.15, 0.2) is 15.7 Å². The van der Waals surface area contributed by atoms with Crippen LogP contribution in [0.3, 0.4) is 0 Å². The summed E-state index contributed by atoms with van der Waals surface area (Å²) in [4.78, 5) is 10.4. The van der Waals surface area contributed by atoms with Gasteiger partial charge in [0.25, 0.3) is 0 Å². The van der Waals surface area contributed by atoms with Crippen LogP contribution in [-0.2, 0) is 10.0 Å². The molecule has 0 unspecified atom stereocenters. The zero-order valence-electron chi connectivity index (χ0n) is 6.64. The van der Waals surface area contributed by atoms with Gasteiger partial charge in [0.15, 0.2) is 0 Å². The molecule has 0 saturated heterocycles. The fourth-order valence-electron chi connectivity index (χ4n) is 0.759. The van der Waals surface area contributed by atoms with E-state index in [9.17, 15) is 13.2 Å². The Hall–Kier alpha value is -0.920. The smallest absolute Gasteiger partial charge is 0.337 e. The lowest BCUT2D eigenvalue weighted by Crippen LogP contribution is -2.20. The summed E-state index contributed by atoms with van der Waals surface area (Å²) in [6.45, 7) is 0. The third-order valence-electron chi connectivity index (χ3n) is 1.42. The van der Waals surface area contributed by atoms with Crippen molar-refractivity contribution in [3.05, 3.63) is 16.3 Å². The molecule has 0 aromatic carbocycles. The molecular weight excluding hydrogens is 214 g/mol. The molecule has 72 valence electrons. The molecule has 5 nitrogen and oxygen atoms in total. The molecule has 0 saturated carbocycles. The molecule has 1 aromatic heterocycles. The summed E-state index contributed by atoms with van der Waals surface area (Å²) < 4.78 is 24.5. The van der Waals surface area contributed by atoms with Crippen LogP contribution in [0.4, 0.5) is 0 Å². The van der Waals surface area contributed by atoms with Gasteiger partial charge in [0.2, 0.25) is 10.0 Å². The topological polar surface area (TPSA) is 83.5 Å². The van der Waals surface area contributed by atoms with Crippen LogP contribution in [0.1, 0.15) is 10.4 Å². The summed E-state index contributed by atoms with van der Waals surface area (Å²) in [7, 11) is -2.42. The van der Waals surface area contributed by atoms with Gasteiger partial charge in [0, 0.05) is 10.8 Å². The molecule has 0 fully saturated rings. The maximum absolute atomic E-state index is 11.2. The maximum Gasteiger partial charge on any atom is 0.337 e. The highest BCUT2D eigenvalue weighted by molar-refractivity contribution is 7.89. The minimum atomic E-state index is -3.65. The van der Waals surface area contributed by atoms with Gasteiger partial charge >= 0.3 is 5.97 Å². The van der Waals surface area contributed by atoms with E-state index in [4.69, 9.17) is 5.11 Å². The van der Waals surface area contributed by atoms with Crippen LogP contribution in [0, 0.1) is 0 Å². The normalized spacial score (nSPS) is 11.5. The molecule has 0 radical (unpaired) electrons. The molecule has 1 heterocycles. The van der Waals surface area contributed by atoms with E-state index in [2.05, 4.69) is 4.72 Å². The quantitative estimate of drug-likeness (QED) is 0.771. The predicted molar refractivity (Wildman–Crippen MR) is 47.5 cm³/mol. The van der Waals surface area contributed by atoms with Crippen molar-refractivity contribution in [3.63, 3.8) is 0 Å². The molecule has 2 N–H and O–H groups in total. The average molecular weight is 221 g/mol. The second kappa shape index (κ2) is 3.44. The number of hydrogen-bond acceptors (Lipinski definition) is 4. The Morgan fingerprint density at radius 1 is 1.54 bits per heavy atom. The van der Waals surface area contributed by atoms with Crippen LogP contribution in [-0.4, -0.2) is 26.5 Å². The standard InChI is InChI=1S/C6H7NO4S2/c1-7-13(10,11)5-3-12-2-4(5)6(8)9/h2-3,7H,1H3,(H,8,9). The highest BCUT2D eigenvalue weighted by Gasteiger charge is 2.21. The van der Waals surface area contributed by atoms with Gasteiger partial charge in [-0.15, -0.1) is 0 Å². The van der Waals surface area contributed by atoms with Gasteiger partial charge in [-0.2, -0.15) is 11.3 Å². The van der Waals surface area contributed by atoms with Gasteiger partial charge in [-0.3, -0.25) is 0 Å². The fourth-order valence-corrected chi connectivity index (χ4v) is 2.85. The summed E-state index contributed by atoms with van der Waals surface area (Å²) in [6.07, 6.45) is 0. The largest absolute Gasteiger partial charge is 0.478 e. The van der Waals surface area contributed by atoms with Crippen LogP contribution < -0.4 is 4.72 Å². The molecule has 7 heteroatoms. The maximum atomic E-state index is 11.2. The summed E-state index contributed by atoms with van der Waals surface area (Å²) >= 11 is 1.04. The number of aromatic carboxylic acids is 1. The summed E-state index contributed by atoms with van der Waals surface area (Å²) in [5.41, 5.74) is -0.195. The molecule has 0 aliphatic heterocycles. The van der Waals surface area contributed by atoms with Gasteiger partial charge in [0.05, 0.1) is 5.56 Å². The molecule has 1 rings (SSSR count). The SMILES string of the molecule is CNS(=O)(=O)c1cscc1C(=O)O. The first-order chi connectivity index (χ1) is 5.99. The van der Waals surface area contributed by atoms with E-state index in [1.165, 1.54) is 17.8 Å². The summed E-state index contributed by atoms with van der Waals surface area (Å²) in [6, 6.07) is 0. The number of nitrogens with one attached hydrogen (secondary N) is 1. The van der Waals surface area contributed by atoms with E-state index in [0.29, 0.717) is 0 Å². The Balaban J connectivity index is 3.31. The fraction of sp³-hybridized carbons (Fsp3) is 0.167. The predicted octanol–water partition coefficient (Wildman–Crippen LogP) is 0.354. The number of rotatable bonds is 3.